The minimum Gasteiger partial charge on any atom is -0.345 e. The number of imidazole rings is 1. The molecular formula is C18H22N4O2. The molecule has 1 atom stereocenters. The predicted molar refractivity (Wildman–Crippen MR) is 92.2 cm³/mol. The molecule has 24 heavy (non-hydrogen) atoms. The lowest BCUT2D eigenvalue weighted by molar-refractivity contribution is -0.139. The largest absolute Gasteiger partial charge is 0.345 e. The quantitative estimate of drug-likeness (QED) is 0.906. The molecule has 3 rings (SSSR count). The van der Waals surface area contributed by atoms with Crippen LogP contribution < -0.4 is 5.32 Å². The number of nitrogens with zero attached hydrogens (tertiary/aromatic N) is 2. The molecule has 0 radical (unpaired) electrons. The molecule has 2 aromatic rings. The van der Waals surface area contributed by atoms with E-state index >= 15 is 0 Å². The average molecular weight is 326 g/mol. The van der Waals surface area contributed by atoms with Gasteiger partial charge in [0.2, 0.25) is 11.8 Å². The van der Waals surface area contributed by atoms with Gasteiger partial charge in [-0.3, -0.25) is 9.59 Å². The number of carbonyl (C=O) groups is 2. The van der Waals surface area contributed by atoms with Crippen molar-refractivity contribution in [1.29, 1.82) is 0 Å². The lowest BCUT2D eigenvalue weighted by Crippen LogP contribution is -2.44. The molecule has 1 aliphatic heterocycles. The van der Waals surface area contributed by atoms with Crippen molar-refractivity contribution >= 4 is 17.5 Å². The number of benzene rings is 1. The highest BCUT2D eigenvalue weighted by Crippen LogP contribution is 2.23. The van der Waals surface area contributed by atoms with Crippen LogP contribution in [0.3, 0.4) is 0 Å². The number of rotatable bonds is 4. The molecule has 0 spiro atoms. The Hall–Kier alpha value is -2.63. The Morgan fingerprint density at radius 3 is 2.67 bits per heavy atom. The Labute approximate surface area is 141 Å². The molecule has 1 aromatic heterocycles. The maximum Gasteiger partial charge on any atom is 0.247 e. The molecular weight excluding hydrogens is 304 g/mol. The summed E-state index contributed by atoms with van der Waals surface area (Å²) < 4.78 is 0. The molecule has 6 heteroatoms. The van der Waals surface area contributed by atoms with Gasteiger partial charge in [0, 0.05) is 18.2 Å². The topological polar surface area (TPSA) is 78.1 Å². The Kier molecular flexibility index (Phi) is 4.64. The summed E-state index contributed by atoms with van der Waals surface area (Å²) in [4.78, 5) is 33.5. The Morgan fingerprint density at radius 2 is 2.04 bits per heavy atom. The average Bonchev–Trinajstić information content (AvgIpc) is 3.26. The number of amides is 2. The first-order valence-corrected chi connectivity index (χ1v) is 8.26. The third-order valence-corrected chi connectivity index (χ3v) is 4.29. The number of anilines is 1. The molecule has 2 heterocycles. The third kappa shape index (κ3) is 3.32. The van der Waals surface area contributed by atoms with Crippen molar-refractivity contribution in [1.82, 2.24) is 14.9 Å². The lowest BCUT2D eigenvalue weighted by atomic mass is 10.1. The third-order valence-electron chi connectivity index (χ3n) is 4.29. The maximum absolute atomic E-state index is 12.5. The molecule has 6 nitrogen and oxygen atoms in total. The highest BCUT2D eigenvalue weighted by atomic mass is 16.2. The summed E-state index contributed by atoms with van der Waals surface area (Å²) in [6.45, 7) is 4.39. The smallest absolute Gasteiger partial charge is 0.247 e. The zero-order valence-electron chi connectivity index (χ0n) is 14.0. The van der Waals surface area contributed by atoms with E-state index in [1.165, 1.54) is 0 Å². The normalized spacial score (nSPS) is 17.3. The van der Waals surface area contributed by atoms with Gasteiger partial charge in [-0.25, -0.2) is 4.98 Å². The fourth-order valence-corrected chi connectivity index (χ4v) is 3.01. The van der Waals surface area contributed by atoms with Crippen LogP contribution in [0.5, 0.6) is 0 Å². The molecule has 0 bridgehead atoms. The summed E-state index contributed by atoms with van der Waals surface area (Å²) in [5, 5.41) is 2.92. The van der Waals surface area contributed by atoms with Crippen LogP contribution in [0.25, 0.3) is 11.3 Å². The maximum atomic E-state index is 12.5. The van der Waals surface area contributed by atoms with E-state index in [2.05, 4.69) is 15.3 Å². The number of hydrogen-bond acceptors (Lipinski definition) is 3. The van der Waals surface area contributed by atoms with E-state index in [1.54, 1.807) is 17.4 Å². The van der Waals surface area contributed by atoms with Crippen LogP contribution in [0.4, 0.5) is 5.69 Å². The van der Waals surface area contributed by atoms with Crippen LogP contribution in [0, 0.1) is 5.92 Å². The Morgan fingerprint density at radius 1 is 1.29 bits per heavy atom. The molecule has 1 aliphatic rings. The minimum atomic E-state index is -0.368. The number of likely N-dealkylation sites (tertiary alicyclic amines) is 1. The van der Waals surface area contributed by atoms with Gasteiger partial charge in [-0.15, -0.1) is 0 Å². The standard InChI is InChI=1S/C18H22N4O2/c1-12(2)18(24)22-9-3-4-16(22)17(23)21-14-7-5-13(6-8-14)15-10-19-11-20-15/h5-8,10-12,16H,3-4,9H2,1-2H3,(H,19,20)(H,21,23). The van der Waals surface area contributed by atoms with Crippen LogP contribution in [0.2, 0.25) is 0 Å². The van der Waals surface area contributed by atoms with E-state index in [4.69, 9.17) is 0 Å². The summed E-state index contributed by atoms with van der Waals surface area (Å²) in [7, 11) is 0. The molecule has 2 N–H and O–H groups in total. The van der Waals surface area contributed by atoms with Crippen molar-refractivity contribution in [3.05, 3.63) is 36.8 Å². The molecule has 1 aromatic carbocycles. The van der Waals surface area contributed by atoms with Gasteiger partial charge in [-0.2, -0.15) is 0 Å². The van der Waals surface area contributed by atoms with Crippen LogP contribution >= 0.6 is 0 Å². The first kappa shape index (κ1) is 16.2. The van der Waals surface area contributed by atoms with Gasteiger partial charge < -0.3 is 15.2 Å². The predicted octanol–water partition coefficient (Wildman–Crippen LogP) is 2.66. The van der Waals surface area contributed by atoms with Gasteiger partial charge in [0.25, 0.3) is 0 Å². The van der Waals surface area contributed by atoms with E-state index < -0.39 is 0 Å². The molecule has 2 amide bonds. The molecule has 0 saturated carbocycles. The summed E-state index contributed by atoms with van der Waals surface area (Å²) in [6.07, 6.45) is 4.97. The van der Waals surface area contributed by atoms with E-state index in [0.29, 0.717) is 6.54 Å². The van der Waals surface area contributed by atoms with Crippen molar-refractivity contribution < 1.29 is 9.59 Å². The summed E-state index contributed by atoms with van der Waals surface area (Å²) >= 11 is 0. The van der Waals surface area contributed by atoms with Gasteiger partial charge >= 0.3 is 0 Å². The Balaban J connectivity index is 1.67. The van der Waals surface area contributed by atoms with Crippen molar-refractivity contribution in [2.45, 2.75) is 32.7 Å². The summed E-state index contributed by atoms with van der Waals surface area (Å²) in [5.41, 5.74) is 2.66. The highest BCUT2D eigenvalue weighted by molar-refractivity contribution is 5.97. The van der Waals surface area contributed by atoms with E-state index in [-0.39, 0.29) is 23.8 Å². The first-order chi connectivity index (χ1) is 11.6. The summed E-state index contributed by atoms with van der Waals surface area (Å²) in [5.74, 6) is -0.162. The van der Waals surface area contributed by atoms with Gasteiger partial charge in [-0.05, 0) is 30.5 Å². The Bertz CT molecular complexity index is 707. The van der Waals surface area contributed by atoms with E-state index in [0.717, 1.165) is 29.8 Å². The van der Waals surface area contributed by atoms with Crippen molar-refractivity contribution in [3.63, 3.8) is 0 Å². The van der Waals surface area contributed by atoms with Gasteiger partial charge in [0.1, 0.15) is 6.04 Å². The van der Waals surface area contributed by atoms with Crippen molar-refractivity contribution in [3.8, 4) is 11.3 Å². The number of nitrogens with one attached hydrogen (secondary N) is 2. The second-order valence-corrected chi connectivity index (χ2v) is 6.38. The first-order valence-electron chi connectivity index (χ1n) is 8.26. The second kappa shape index (κ2) is 6.86. The van der Waals surface area contributed by atoms with Crippen LogP contribution in [0.1, 0.15) is 26.7 Å². The molecule has 0 aliphatic carbocycles. The SMILES string of the molecule is CC(C)C(=O)N1CCCC1C(=O)Nc1ccc(-c2cnc[nH]2)cc1. The number of aromatic amines is 1. The second-order valence-electron chi connectivity index (χ2n) is 6.38. The highest BCUT2D eigenvalue weighted by Gasteiger charge is 2.34. The number of hydrogen-bond donors (Lipinski definition) is 2. The summed E-state index contributed by atoms with van der Waals surface area (Å²) in [6, 6.07) is 7.20. The molecule has 1 fully saturated rings. The van der Waals surface area contributed by atoms with Crippen LogP contribution in [0.15, 0.2) is 36.8 Å². The zero-order chi connectivity index (χ0) is 17.1. The fraction of sp³-hybridized carbons (Fsp3) is 0.389. The minimum absolute atomic E-state index is 0.0437. The van der Waals surface area contributed by atoms with Crippen molar-refractivity contribution in [2.75, 3.05) is 11.9 Å². The van der Waals surface area contributed by atoms with Crippen LogP contribution in [-0.2, 0) is 9.59 Å². The molecule has 1 unspecified atom stereocenters. The number of aromatic nitrogens is 2. The monoisotopic (exact) mass is 326 g/mol. The van der Waals surface area contributed by atoms with Gasteiger partial charge in [-0.1, -0.05) is 26.0 Å². The van der Waals surface area contributed by atoms with Crippen molar-refractivity contribution in [2.24, 2.45) is 5.92 Å². The van der Waals surface area contributed by atoms with Crippen LogP contribution in [-0.4, -0.2) is 39.3 Å². The number of H-pyrrole nitrogens is 1. The van der Waals surface area contributed by atoms with Gasteiger partial charge in [0.15, 0.2) is 0 Å². The molecule has 126 valence electrons. The van der Waals surface area contributed by atoms with Gasteiger partial charge in [0.05, 0.1) is 18.2 Å². The fourth-order valence-electron chi connectivity index (χ4n) is 3.01. The lowest BCUT2D eigenvalue weighted by Gasteiger charge is -2.25. The van der Waals surface area contributed by atoms with E-state index in [1.807, 2.05) is 38.1 Å². The van der Waals surface area contributed by atoms with E-state index in [9.17, 15) is 9.59 Å². The number of carbonyl (C=O) groups excluding carboxylic acids is 2. The zero-order valence-corrected chi connectivity index (χ0v) is 14.0. The molecule has 1 saturated heterocycles.